The molecule has 10 N–H and O–H groups in total. The summed E-state index contributed by atoms with van der Waals surface area (Å²) in [5.41, 5.74) is 12.4. The first-order valence-corrected chi connectivity index (χ1v) is 13.3. The number of fused-ring (bicyclic) bond motifs is 1. The average molecular weight is 575 g/mol. The number of aromatic nitrogens is 1. The smallest absolute Gasteiger partial charge is 0.326 e. The Balaban J connectivity index is 2.20. The van der Waals surface area contributed by atoms with Crippen LogP contribution in [0.3, 0.4) is 0 Å². The molecule has 1 heterocycles. The first kappa shape index (κ1) is 32.8. The monoisotopic (exact) mass is 574 g/mol. The Hall–Kier alpha value is -4.46. The Morgan fingerprint density at radius 3 is 2.17 bits per heavy atom. The molecule has 1 aromatic carbocycles. The molecule has 224 valence electrons. The summed E-state index contributed by atoms with van der Waals surface area (Å²) in [5.74, 6) is -5.97. The highest BCUT2D eigenvalue weighted by Crippen LogP contribution is 2.19. The van der Waals surface area contributed by atoms with E-state index >= 15 is 0 Å². The molecule has 0 spiro atoms. The van der Waals surface area contributed by atoms with Gasteiger partial charge in [0.05, 0.1) is 6.04 Å². The topological polar surface area (TPSA) is 247 Å². The first-order valence-electron chi connectivity index (χ1n) is 13.3. The van der Waals surface area contributed by atoms with Crippen molar-refractivity contribution in [1.82, 2.24) is 20.9 Å². The van der Waals surface area contributed by atoms with Gasteiger partial charge in [-0.25, -0.2) is 4.79 Å². The zero-order valence-corrected chi connectivity index (χ0v) is 23.0. The molecule has 14 heteroatoms. The summed E-state index contributed by atoms with van der Waals surface area (Å²) in [6, 6.07) is 2.20. The minimum atomic E-state index is -1.41. The van der Waals surface area contributed by atoms with Gasteiger partial charge in [0.25, 0.3) is 0 Å². The lowest BCUT2D eigenvalue weighted by Gasteiger charge is -2.28. The third kappa shape index (κ3) is 9.90. The third-order valence-corrected chi connectivity index (χ3v) is 6.83. The van der Waals surface area contributed by atoms with E-state index in [0.717, 1.165) is 10.9 Å². The number of nitrogens with two attached hydrogens (primary N) is 2. The zero-order chi connectivity index (χ0) is 30.7. The van der Waals surface area contributed by atoms with Gasteiger partial charge in [-0.1, -0.05) is 38.5 Å². The fourth-order valence-electron chi connectivity index (χ4n) is 4.18. The molecule has 14 nitrogen and oxygen atoms in total. The molecule has 1 aromatic heterocycles. The maximum atomic E-state index is 13.3. The van der Waals surface area contributed by atoms with Gasteiger partial charge in [-0.05, 0) is 30.4 Å². The highest BCUT2D eigenvalue weighted by Gasteiger charge is 2.33. The maximum absolute atomic E-state index is 13.3. The van der Waals surface area contributed by atoms with E-state index in [-0.39, 0.29) is 25.7 Å². The summed E-state index contributed by atoms with van der Waals surface area (Å²) < 4.78 is 0. The second kappa shape index (κ2) is 15.4. The van der Waals surface area contributed by atoms with E-state index in [1.807, 2.05) is 12.1 Å². The number of primary amides is 1. The molecule has 0 saturated heterocycles. The van der Waals surface area contributed by atoms with E-state index in [2.05, 4.69) is 20.9 Å². The van der Waals surface area contributed by atoms with Gasteiger partial charge >= 0.3 is 11.9 Å². The molecule has 0 radical (unpaired) electrons. The van der Waals surface area contributed by atoms with Gasteiger partial charge < -0.3 is 42.6 Å². The lowest BCUT2D eigenvalue weighted by molar-refractivity contribution is -0.143. The number of carboxylic acids is 2. The predicted octanol–water partition coefficient (Wildman–Crippen LogP) is -0.247. The minimum absolute atomic E-state index is 0.0351. The minimum Gasteiger partial charge on any atom is -0.481 e. The Kier molecular flexibility index (Phi) is 12.3. The van der Waals surface area contributed by atoms with E-state index in [1.165, 1.54) is 0 Å². The summed E-state index contributed by atoms with van der Waals surface area (Å²) >= 11 is 0. The number of nitrogens with one attached hydrogen (secondary N) is 4. The van der Waals surface area contributed by atoms with Crippen LogP contribution in [0.25, 0.3) is 10.9 Å². The average Bonchev–Trinajstić information content (AvgIpc) is 3.33. The van der Waals surface area contributed by atoms with Crippen LogP contribution in [0, 0.1) is 5.92 Å². The molecule has 41 heavy (non-hydrogen) atoms. The Labute approximate surface area is 236 Å². The zero-order valence-electron chi connectivity index (χ0n) is 23.0. The predicted molar refractivity (Wildman–Crippen MR) is 148 cm³/mol. The number of hydrogen-bond donors (Lipinski definition) is 8. The molecule has 0 saturated carbocycles. The van der Waals surface area contributed by atoms with Gasteiger partial charge in [0.1, 0.15) is 18.1 Å². The largest absolute Gasteiger partial charge is 0.481 e. The summed E-state index contributed by atoms with van der Waals surface area (Å²) in [5, 5.41) is 27.2. The number of rotatable bonds is 17. The van der Waals surface area contributed by atoms with Crippen molar-refractivity contribution < 1.29 is 39.0 Å². The van der Waals surface area contributed by atoms with Crippen molar-refractivity contribution in [2.75, 3.05) is 0 Å². The first-order chi connectivity index (χ1) is 19.3. The third-order valence-electron chi connectivity index (χ3n) is 6.83. The number of aliphatic carboxylic acids is 2. The van der Waals surface area contributed by atoms with Crippen molar-refractivity contribution in [2.45, 2.75) is 76.5 Å². The van der Waals surface area contributed by atoms with Crippen molar-refractivity contribution >= 4 is 46.5 Å². The van der Waals surface area contributed by atoms with Crippen LogP contribution < -0.4 is 27.4 Å². The van der Waals surface area contributed by atoms with Crippen LogP contribution in [0.4, 0.5) is 0 Å². The standard InChI is InChI=1S/C27H38N6O8/c1-3-14(2)23(33-24(37)17(28)8-10-21(29)34)26(39)31-19(9-11-22(35)36)25(38)32-20(27(40)41)12-15-13-30-18-7-5-4-6-16(15)18/h4-7,13-14,17,19-20,23,30H,3,8-12,28H2,1-2H3,(H2,29,34)(H,31,39)(H,32,38)(H,33,37)(H,35,36)(H,40,41)/t14-,17+,19-,20+,23+/m0/s1. The molecular weight excluding hydrogens is 536 g/mol. The van der Waals surface area contributed by atoms with Crippen LogP contribution in [0.5, 0.6) is 0 Å². The Morgan fingerprint density at radius 2 is 1.56 bits per heavy atom. The van der Waals surface area contributed by atoms with Crippen LogP contribution in [-0.4, -0.2) is 74.9 Å². The van der Waals surface area contributed by atoms with Crippen molar-refractivity contribution in [3.8, 4) is 0 Å². The van der Waals surface area contributed by atoms with Crippen LogP contribution in [0.2, 0.25) is 0 Å². The lowest BCUT2D eigenvalue weighted by Crippen LogP contribution is -2.58. The van der Waals surface area contributed by atoms with E-state index in [9.17, 15) is 39.0 Å². The van der Waals surface area contributed by atoms with Crippen molar-refractivity contribution in [1.29, 1.82) is 0 Å². The number of carboxylic acid groups (broad SMARTS) is 2. The fourth-order valence-corrected chi connectivity index (χ4v) is 4.18. The summed E-state index contributed by atoms with van der Waals surface area (Å²) in [4.78, 5) is 76.4. The molecule has 0 fully saturated rings. The van der Waals surface area contributed by atoms with Crippen LogP contribution in [0.1, 0.15) is 51.5 Å². The number of carbonyl (C=O) groups is 6. The Bertz CT molecular complexity index is 1260. The highest BCUT2D eigenvalue weighted by atomic mass is 16.4. The van der Waals surface area contributed by atoms with Gasteiger partial charge in [0.15, 0.2) is 0 Å². The number of para-hydroxylation sites is 1. The number of H-pyrrole nitrogens is 1. The lowest BCUT2D eigenvalue weighted by atomic mass is 9.96. The maximum Gasteiger partial charge on any atom is 0.326 e. The number of benzene rings is 1. The van der Waals surface area contributed by atoms with E-state index in [4.69, 9.17) is 11.5 Å². The molecule has 0 aliphatic carbocycles. The molecule has 2 aromatic rings. The molecule has 5 atom stereocenters. The van der Waals surface area contributed by atoms with Gasteiger partial charge in [-0.3, -0.25) is 24.0 Å². The van der Waals surface area contributed by atoms with E-state index in [1.54, 1.807) is 32.2 Å². The SMILES string of the molecule is CC[C@H](C)[C@@H](NC(=O)[C@H](N)CCC(N)=O)C(=O)N[C@@H](CCC(=O)O)C(=O)N[C@H](Cc1c[nH]c2ccccc12)C(=O)O. The number of amides is 4. The van der Waals surface area contributed by atoms with E-state index in [0.29, 0.717) is 12.0 Å². The molecule has 0 aliphatic heterocycles. The van der Waals surface area contributed by atoms with Crippen molar-refractivity contribution in [3.63, 3.8) is 0 Å². The van der Waals surface area contributed by atoms with Gasteiger partial charge in [-0.2, -0.15) is 0 Å². The van der Waals surface area contributed by atoms with Crippen molar-refractivity contribution in [3.05, 3.63) is 36.0 Å². The van der Waals surface area contributed by atoms with Gasteiger partial charge in [-0.15, -0.1) is 0 Å². The van der Waals surface area contributed by atoms with Crippen LogP contribution >= 0.6 is 0 Å². The second-order valence-corrected chi connectivity index (χ2v) is 9.94. The molecular formula is C27H38N6O8. The fraction of sp³-hybridized carbons (Fsp3) is 0.481. The Morgan fingerprint density at radius 1 is 0.902 bits per heavy atom. The molecule has 0 bridgehead atoms. The number of hydrogen-bond acceptors (Lipinski definition) is 7. The van der Waals surface area contributed by atoms with Crippen molar-refractivity contribution in [2.24, 2.45) is 17.4 Å². The number of carbonyl (C=O) groups excluding carboxylic acids is 4. The summed E-state index contributed by atoms with van der Waals surface area (Å²) in [6.07, 6.45) is 1.04. The molecule has 0 unspecified atom stereocenters. The number of aromatic amines is 1. The quantitative estimate of drug-likeness (QED) is 0.124. The summed E-state index contributed by atoms with van der Waals surface area (Å²) in [7, 11) is 0. The van der Waals surface area contributed by atoms with E-state index < -0.39 is 72.1 Å². The molecule has 4 amide bonds. The normalized spacial score (nSPS) is 14.7. The molecule has 2 rings (SSSR count). The van der Waals surface area contributed by atoms with Crippen LogP contribution in [-0.2, 0) is 35.2 Å². The highest BCUT2D eigenvalue weighted by molar-refractivity contribution is 5.95. The van der Waals surface area contributed by atoms with Gasteiger partial charge in [0, 0.05) is 36.4 Å². The van der Waals surface area contributed by atoms with Gasteiger partial charge in [0.2, 0.25) is 23.6 Å². The van der Waals surface area contributed by atoms with Crippen LogP contribution in [0.15, 0.2) is 30.5 Å². The summed E-state index contributed by atoms with van der Waals surface area (Å²) in [6.45, 7) is 3.47. The molecule has 0 aliphatic rings. The second-order valence-electron chi connectivity index (χ2n) is 9.94.